The lowest BCUT2D eigenvalue weighted by Crippen LogP contribution is -2.63. The van der Waals surface area contributed by atoms with Crippen molar-refractivity contribution in [3.05, 3.63) is 119 Å². The minimum Gasteiger partial charge on any atom is -0.508 e. The van der Waals surface area contributed by atoms with Crippen LogP contribution in [0.3, 0.4) is 0 Å². The van der Waals surface area contributed by atoms with Gasteiger partial charge in [-0.05, 0) is 91.8 Å². The Labute approximate surface area is 549 Å². The fourth-order valence-electron chi connectivity index (χ4n) is 9.83. The van der Waals surface area contributed by atoms with Gasteiger partial charge in [-0.15, -0.1) is 0 Å². The minimum absolute atomic E-state index is 0.0215. The van der Waals surface area contributed by atoms with Crippen LogP contribution in [0.1, 0.15) is 116 Å². The summed E-state index contributed by atoms with van der Waals surface area (Å²) in [5, 5.41) is 109. The molecule has 0 bridgehead atoms. The number of allylic oxidation sites excluding steroid dienone is 1. The van der Waals surface area contributed by atoms with Gasteiger partial charge in [-0.25, -0.2) is 4.79 Å². The van der Waals surface area contributed by atoms with E-state index in [1.165, 1.54) is 87.5 Å². The first-order valence-corrected chi connectivity index (χ1v) is 30.9. The van der Waals surface area contributed by atoms with Crippen molar-refractivity contribution in [2.24, 2.45) is 17.8 Å². The number of hydrogen-bond donors (Lipinski definition) is 18. The van der Waals surface area contributed by atoms with Gasteiger partial charge in [0.25, 0.3) is 0 Å². The second-order valence-electron chi connectivity index (χ2n) is 24.0. The number of cyclic esters (lactones) is 1. The van der Waals surface area contributed by atoms with Gasteiger partial charge in [0.1, 0.15) is 90.6 Å². The lowest BCUT2D eigenvalue weighted by molar-refractivity contribution is -0.156. The molecule has 1 aliphatic rings. The normalized spacial score (nSPS) is 25.5. The van der Waals surface area contributed by atoms with Gasteiger partial charge >= 0.3 is 5.97 Å². The van der Waals surface area contributed by atoms with E-state index in [2.05, 4.69) is 53.2 Å². The van der Waals surface area contributed by atoms with E-state index in [0.717, 1.165) is 25.1 Å². The Kier molecular flexibility index (Phi) is 31.0. The van der Waals surface area contributed by atoms with Crippen LogP contribution in [0, 0.1) is 17.8 Å². The summed E-state index contributed by atoms with van der Waals surface area (Å²) in [5.41, 5.74) is 0.447. The van der Waals surface area contributed by atoms with Crippen molar-refractivity contribution >= 4 is 71.1 Å². The van der Waals surface area contributed by atoms with Crippen molar-refractivity contribution in [3.63, 3.8) is 0 Å². The van der Waals surface area contributed by atoms with E-state index in [9.17, 15) is 93.6 Å². The zero-order chi connectivity index (χ0) is 71.0. The number of hydrogen-bond acceptors (Lipinski definition) is 20. The molecule has 0 aromatic heterocycles. The average molecular weight is 1330 g/mol. The highest BCUT2D eigenvalue weighted by Gasteiger charge is 2.41. The maximum absolute atomic E-state index is 14.6. The summed E-state index contributed by atoms with van der Waals surface area (Å²) < 4.78 is 5.84. The Morgan fingerprint density at radius 1 is 0.537 bits per heavy atom. The fourth-order valence-corrected chi connectivity index (χ4v) is 9.83. The monoisotopic (exact) mass is 1330 g/mol. The van der Waals surface area contributed by atoms with E-state index >= 15 is 0 Å². The number of aromatic hydroxyl groups is 1. The lowest BCUT2D eigenvalue weighted by Gasteiger charge is -2.30. The highest BCUT2D eigenvalue weighted by Crippen LogP contribution is 2.25. The number of ether oxygens (including phenoxy) is 1. The third-order valence-corrected chi connectivity index (χ3v) is 15.0. The predicted octanol–water partition coefficient (Wildman–Crippen LogP) is -2.62. The van der Waals surface area contributed by atoms with Gasteiger partial charge in [0.05, 0.1) is 25.9 Å². The molecule has 4 rings (SSSR count). The van der Waals surface area contributed by atoms with Gasteiger partial charge in [0.2, 0.25) is 59.1 Å². The SMILES string of the molecule is CC=CC(O)C(O)c1ccccc1C=CC(=O)NC1C(=O)NC(CO)C(=O)NC(CC(C)C)C(=O)NC(C(O)c2ccccc2)C(=O)NC(CO)C(=O)NC(C(C)O)C(=O)NC(CO)C(=O)NC(c2ccc(O)cc2)C(=O)NC(C(C)C)C(=O)NC(CC(C)C)C(=O)OC1C. The van der Waals surface area contributed by atoms with E-state index in [1.54, 1.807) is 52.8 Å². The van der Waals surface area contributed by atoms with E-state index in [0.29, 0.717) is 0 Å². The van der Waals surface area contributed by atoms with Crippen LogP contribution >= 0.6 is 0 Å². The fraction of sp³-hybridized carbons (Fsp3) is 0.492. The first kappa shape index (κ1) is 78.3. The van der Waals surface area contributed by atoms with Crippen molar-refractivity contribution in [1.29, 1.82) is 0 Å². The molecule has 0 radical (unpaired) electrons. The number of esters is 1. The summed E-state index contributed by atoms with van der Waals surface area (Å²) in [6, 6.07) is -0.353. The maximum atomic E-state index is 14.6. The third kappa shape index (κ3) is 23.4. The summed E-state index contributed by atoms with van der Waals surface area (Å²) in [6.45, 7) is 9.98. The van der Waals surface area contributed by atoms with Crippen molar-refractivity contribution < 1.29 is 98.3 Å². The molecule has 1 fully saturated rings. The lowest BCUT2D eigenvalue weighted by atomic mass is 9.98. The maximum Gasteiger partial charge on any atom is 0.328 e. The van der Waals surface area contributed by atoms with E-state index in [-0.39, 0.29) is 46.8 Å². The number of phenolic OH excluding ortho intramolecular Hbond substituents is 1. The van der Waals surface area contributed by atoms with Crippen LogP contribution in [0.25, 0.3) is 6.08 Å². The van der Waals surface area contributed by atoms with Gasteiger partial charge in [-0.1, -0.05) is 120 Å². The molecule has 3 aromatic carbocycles. The summed E-state index contributed by atoms with van der Waals surface area (Å²) in [4.78, 5) is 157. The van der Waals surface area contributed by atoms with E-state index < -0.39 is 188 Å². The van der Waals surface area contributed by atoms with Crippen molar-refractivity contribution in [2.75, 3.05) is 19.8 Å². The smallest absolute Gasteiger partial charge is 0.328 e. The van der Waals surface area contributed by atoms with Crippen LogP contribution in [0.4, 0.5) is 0 Å². The highest BCUT2D eigenvalue weighted by molar-refractivity contribution is 6.00. The van der Waals surface area contributed by atoms with Crippen LogP contribution in [0.2, 0.25) is 0 Å². The zero-order valence-electron chi connectivity index (χ0n) is 54.2. The first-order chi connectivity index (χ1) is 44.8. The molecule has 1 saturated heterocycles. The molecule has 15 unspecified atom stereocenters. The van der Waals surface area contributed by atoms with Gasteiger partial charge in [0, 0.05) is 6.08 Å². The molecular formula is C65H90N10O20. The van der Waals surface area contributed by atoms with Gasteiger partial charge in [-0.2, -0.15) is 0 Å². The van der Waals surface area contributed by atoms with Crippen LogP contribution in [-0.4, -0.2) is 198 Å². The number of aliphatic hydroxyl groups excluding tert-OH is 7. The summed E-state index contributed by atoms with van der Waals surface area (Å²) >= 11 is 0. The van der Waals surface area contributed by atoms with Crippen LogP contribution in [-0.2, 0) is 57.5 Å². The second-order valence-corrected chi connectivity index (χ2v) is 24.0. The number of carbonyl (C=O) groups is 11. The Morgan fingerprint density at radius 3 is 1.55 bits per heavy atom. The summed E-state index contributed by atoms with van der Waals surface area (Å²) in [7, 11) is 0. The number of benzene rings is 3. The number of carbonyl (C=O) groups excluding carboxylic acids is 11. The summed E-state index contributed by atoms with van der Waals surface area (Å²) in [6.07, 6.45) is -3.61. The Morgan fingerprint density at radius 2 is 1.00 bits per heavy atom. The van der Waals surface area contributed by atoms with Gasteiger partial charge in [0.15, 0.2) is 0 Å². The van der Waals surface area contributed by atoms with Crippen molar-refractivity contribution in [1.82, 2.24) is 53.2 Å². The first-order valence-electron chi connectivity index (χ1n) is 30.9. The molecule has 0 saturated carbocycles. The molecule has 1 heterocycles. The second kappa shape index (κ2) is 37.7. The molecular weight excluding hydrogens is 1240 g/mol. The summed E-state index contributed by atoms with van der Waals surface area (Å²) in [5.74, 6) is -15.1. The van der Waals surface area contributed by atoms with Crippen molar-refractivity contribution in [2.45, 2.75) is 166 Å². The number of phenols is 1. The molecule has 1 aliphatic heterocycles. The molecule has 0 spiro atoms. The molecule has 3 aromatic rings. The standard InChI is InChI=1S/C65H90N10O20/c1-10-16-47(81)55(84)41-20-15-14-17-37(41)23-26-48(82)71-51-36(9)95-65(94)43(28-33(4)5)67-60(89)49(34(6)7)72-63(92)52(38-21-24-40(80)25-22-38)74-59(88)46(31-78)68-61(90)50(35(8)79)73-58(87)45(30-77)70-64(93)53(54(83)39-18-12-11-13-19-39)75-56(85)42(27-32(2)3)66-57(86)44(29-76)69-62(51)91/h10-26,32-36,42-47,49-55,76-81,83-84H,27-31H2,1-9H3,(H,66,86)(H,67,89)(H,68,90)(H,69,91)(H,70,93)(H,71,82)(H,72,92)(H,73,87)(H,74,88)(H,75,85). The highest BCUT2D eigenvalue weighted by atomic mass is 16.5. The topological polar surface area (TPSA) is 479 Å². The number of aliphatic hydroxyl groups is 7. The molecule has 30 heteroatoms. The molecule has 15 atom stereocenters. The number of rotatable bonds is 18. The molecule has 30 nitrogen and oxygen atoms in total. The molecule has 18 N–H and O–H groups in total. The average Bonchev–Trinajstić information content (AvgIpc) is 0.888. The van der Waals surface area contributed by atoms with Crippen LogP contribution in [0.5, 0.6) is 5.75 Å². The van der Waals surface area contributed by atoms with Gasteiger partial charge in [-0.3, -0.25) is 47.9 Å². The molecule has 10 amide bonds. The Hall–Kier alpha value is -9.17. The minimum atomic E-state index is -2.07. The van der Waals surface area contributed by atoms with Crippen molar-refractivity contribution in [3.8, 4) is 5.75 Å². The molecule has 0 aliphatic carbocycles. The number of amides is 10. The largest absolute Gasteiger partial charge is 0.508 e. The Balaban J connectivity index is 1.91. The predicted molar refractivity (Wildman–Crippen MR) is 341 cm³/mol. The quantitative estimate of drug-likeness (QED) is 0.0352. The van der Waals surface area contributed by atoms with E-state index in [1.807, 2.05) is 0 Å². The third-order valence-electron chi connectivity index (χ3n) is 15.0. The van der Waals surface area contributed by atoms with E-state index in [4.69, 9.17) is 4.74 Å². The van der Waals surface area contributed by atoms with Gasteiger partial charge < -0.3 is 98.8 Å². The zero-order valence-corrected chi connectivity index (χ0v) is 54.2. The molecule has 520 valence electrons. The number of nitrogens with one attached hydrogen (secondary N) is 10. The van der Waals surface area contributed by atoms with Crippen LogP contribution < -0.4 is 53.2 Å². The van der Waals surface area contributed by atoms with Crippen LogP contribution in [0.15, 0.2) is 97.1 Å². The molecule has 95 heavy (non-hydrogen) atoms. The Bertz CT molecular complexity index is 3180.